The van der Waals surface area contributed by atoms with Crippen LogP contribution in [0, 0.1) is 0 Å². The normalized spacial score (nSPS) is 15.2. The molecule has 1 saturated carbocycles. The summed E-state index contributed by atoms with van der Waals surface area (Å²) in [6.45, 7) is 3.01. The van der Waals surface area contributed by atoms with Gasteiger partial charge in [-0.15, -0.1) is 10.2 Å². The standard InChI is InChI=1S/C12H18N4O3S/c1-12(2,10(18)19)15(3)9(17)6-20-11-14-13-7-16(11)8-4-5-8/h7-8H,4-6H2,1-3H3,(H,18,19). The molecule has 0 radical (unpaired) electrons. The van der Waals surface area contributed by atoms with Crippen LogP contribution in [0.3, 0.4) is 0 Å². The fourth-order valence-electron chi connectivity index (χ4n) is 1.62. The molecule has 0 spiro atoms. The van der Waals surface area contributed by atoms with Crippen molar-refractivity contribution in [2.24, 2.45) is 0 Å². The summed E-state index contributed by atoms with van der Waals surface area (Å²) in [6, 6.07) is 0.454. The number of carboxylic acid groups (broad SMARTS) is 1. The van der Waals surface area contributed by atoms with Crippen molar-refractivity contribution in [3.05, 3.63) is 6.33 Å². The van der Waals surface area contributed by atoms with Gasteiger partial charge in [-0.25, -0.2) is 4.79 Å². The van der Waals surface area contributed by atoms with E-state index >= 15 is 0 Å². The van der Waals surface area contributed by atoms with Gasteiger partial charge >= 0.3 is 5.97 Å². The number of nitrogens with zero attached hydrogens (tertiary/aromatic N) is 4. The predicted molar refractivity (Wildman–Crippen MR) is 73.5 cm³/mol. The lowest BCUT2D eigenvalue weighted by atomic mass is 10.0. The van der Waals surface area contributed by atoms with Crippen LogP contribution in [0.1, 0.15) is 32.7 Å². The molecule has 0 bridgehead atoms. The van der Waals surface area contributed by atoms with Crippen LogP contribution in [0.15, 0.2) is 11.5 Å². The number of hydrogen-bond donors (Lipinski definition) is 1. The number of amides is 1. The number of thioether (sulfide) groups is 1. The topological polar surface area (TPSA) is 88.3 Å². The third-order valence-corrected chi connectivity index (χ3v) is 4.48. The number of likely N-dealkylation sites (N-methyl/N-ethyl adjacent to an activating group) is 1. The second-order valence-corrected chi connectivity index (χ2v) is 6.30. The Labute approximate surface area is 121 Å². The lowest BCUT2D eigenvalue weighted by molar-refractivity contribution is -0.154. The van der Waals surface area contributed by atoms with Crippen LogP contribution in [0.5, 0.6) is 0 Å². The Morgan fingerprint density at radius 2 is 2.20 bits per heavy atom. The number of hydrogen-bond acceptors (Lipinski definition) is 5. The first-order valence-electron chi connectivity index (χ1n) is 6.36. The van der Waals surface area contributed by atoms with E-state index in [1.165, 1.54) is 37.6 Å². The van der Waals surface area contributed by atoms with Crippen molar-refractivity contribution >= 4 is 23.6 Å². The van der Waals surface area contributed by atoms with Crippen LogP contribution in [0.4, 0.5) is 0 Å². The Hall–Kier alpha value is -1.57. The molecule has 2 rings (SSSR count). The van der Waals surface area contributed by atoms with Gasteiger partial charge in [-0.1, -0.05) is 11.8 Å². The molecule has 1 aliphatic carbocycles. The minimum absolute atomic E-state index is 0.151. The second-order valence-electron chi connectivity index (χ2n) is 5.36. The maximum absolute atomic E-state index is 12.1. The van der Waals surface area contributed by atoms with E-state index in [-0.39, 0.29) is 11.7 Å². The Morgan fingerprint density at radius 1 is 1.55 bits per heavy atom. The van der Waals surface area contributed by atoms with Gasteiger partial charge in [0.15, 0.2) is 5.16 Å². The van der Waals surface area contributed by atoms with E-state index in [0.717, 1.165) is 12.8 Å². The molecule has 0 atom stereocenters. The molecule has 1 amide bonds. The minimum Gasteiger partial charge on any atom is -0.480 e. The molecule has 1 aliphatic rings. The van der Waals surface area contributed by atoms with Gasteiger partial charge in [-0.3, -0.25) is 4.79 Å². The Balaban J connectivity index is 1.95. The van der Waals surface area contributed by atoms with E-state index in [2.05, 4.69) is 10.2 Å². The van der Waals surface area contributed by atoms with E-state index in [4.69, 9.17) is 5.11 Å². The van der Waals surface area contributed by atoms with E-state index in [1.54, 1.807) is 6.33 Å². The summed E-state index contributed by atoms with van der Waals surface area (Å²) < 4.78 is 1.97. The molecule has 1 N–H and O–H groups in total. The molecule has 0 saturated heterocycles. The highest BCUT2D eigenvalue weighted by Gasteiger charge is 2.35. The first kappa shape index (κ1) is 14.8. The van der Waals surface area contributed by atoms with Crippen LogP contribution in [0.25, 0.3) is 0 Å². The fourth-order valence-corrected chi connectivity index (χ4v) is 2.51. The molecule has 1 aromatic heterocycles. The van der Waals surface area contributed by atoms with Gasteiger partial charge < -0.3 is 14.6 Å². The van der Waals surface area contributed by atoms with Crippen molar-refractivity contribution in [1.29, 1.82) is 0 Å². The fraction of sp³-hybridized carbons (Fsp3) is 0.667. The van der Waals surface area contributed by atoms with Gasteiger partial charge in [0.05, 0.1) is 5.75 Å². The summed E-state index contributed by atoms with van der Waals surface area (Å²) in [5.74, 6) is -1.12. The van der Waals surface area contributed by atoms with Gasteiger partial charge in [0.1, 0.15) is 11.9 Å². The van der Waals surface area contributed by atoms with E-state index in [1.807, 2.05) is 4.57 Å². The smallest absolute Gasteiger partial charge is 0.329 e. The van der Waals surface area contributed by atoms with Gasteiger partial charge in [0.2, 0.25) is 5.91 Å². The molecule has 110 valence electrons. The van der Waals surface area contributed by atoms with E-state index in [0.29, 0.717) is 11.2 Å². The number of carbonyl (C=O) groups is 2. The lowest BCUT2D eigenvalue weighted by Crippen LogP contribution is -2.51. The van der Waals surface area contributed by atoms with Crippen molar-refractivity contribution in [1.82, 2.24) is 19.7 Å². The highest BCUT2D eigenvalue weighted by molar-refractivity contribution is 7.99. The quantitative estimate of drug-likeness (QED) is 0.789. The highest BCUT2D eigenvalue weighted by atomic mass is 32.2. The van der Waals surface area contributed by atoms with Crippen LogP contribution >= 0.6 is 11.8 Å². The number of rotatable bonds is 6. The van der Waals surface area contributed by atoms with Crippen molar-refractivity contribution in [3.8, 4) is 0 Å². The molecular weight excluding hydrogens is 280 g/mol. The molecule has 8 heteroatoms. The maximum atomic E-state index is 12.1. The predicted octanol–water partition coefficient (Wildman–Crippen LogP) is 1.03. The lowest BCUT2D eigenvalue weighted by Gasteiger charge is -2.31. The number of carboxylic acids is 1. The third-order valence-electron chi connectivity index (χ3n) is 3.54. The molecule has 7 nitrogen and oxygen atoms in total. The summed E-state index contributed by atoms with van der Waals surface area (Å²) in [6.07, 6.45) is 3.91. The van der Waals surface area contributed by atoms with Crippen LogP contribution in [0.2, 0.25) is 0 Å². The van der Waals surface area contributed by atoms with Crippen LogP contribution < -0.4 is 0 Å². The van der Waals surface area contributed by atoms with Gasteiger partial charge in [0, 0.05) is 13.1 Å². The number of carbonyl (C=O) groups excluding carboxylic acids is 1. The van der Waals surface area contributed by atoms with Gasteiger partial charge in [-0.2, -0.15) is 0 Å². The summed E-state index contributed by atoms with van der Waals surface area (Å²) in [7, 11) is 1.50. The molecule has 1 fully saturated rings. The zero-order chi connectivity index (χ0) is 14.9. The molecule has 0 unspecified atom stereocenters. The van der Waals surface area contributed by atoms with Crippen molar-refractivity contribution in [2.45, 2.75) is 43.4 Å². The summed E-state index contributed by atoms with van der Waals surface area (Å²) in [5.41, 5.74) is -1.22. The van der Waals surface area contributed by atoms with Gasteiger partial charge in [-0.05, 0) is 26.7 Å². The average molecular weight is 298 g/mol. The first-order chi connectivity index (χ1) is 9.34. The first-order valence-corrected chi connectivity index (χ1v) is 7.35. The van der Waals surface area contributed by atoms with Crippen molar-refractivity contribution in [2.75, 3.05) is 12.8 Å². The zero-order valence-electron chi connectivity index (χ0n) is 11.7. The molecule has 20 heavy (non-hydrogen) atoms. The third kappa shape index (κ3) is 2.95. The number of aromatic nitrogens is 3. The maximum Gasteiger partial charge on any atom is 0.329 e. The molecule has 0 aliphatic heterocycles. The monoisotopic (exact) mass is 298 g/mol. The minimum atomic E-state index is -1.22. The molecule has 0 aromatic carbocycles. The van der Waals surface area contributed by atoms with Crippen LogP contribution in [-0.4, -0.2) is 55.0 Å². The molecule has 1 aromatic rings. The summed E-state index contributed by atoms with van der Waals surface area (Å²) >= 11 is 1.29. The largest absolute Gasteiger partial charge is 0.480 e. The van der Waals surface area contributed by atoms with Crippen molar-refractivity contribution in [3.63, 3.8) is 0 Å². The van der Waals surface area contributed by atoms with E-state index < -0.39 is 11.5 Å². The average Bonchev–Trinajstić information content (AvgIpc) is 3.13. The SMILES string of the molecule is CN(C(=O)CSc1nncn1C1CC1)C(C)(C)C(=O)O. The highest BCUT2D eigenvalue weighted by Crippen LogP contribution is 2.37. The zero-order valence-corrected chi connectivity index (χ0v) is 12.6. The van der Waals surface area contributed by atoms with Gasteiger partial charge in [0.25, 0.3) is 0 Å². The van der Waals surface area contributed by atoms with E-state index in [9.17, 15) is 9.59 Å². The Morgan fingerprint density at radius 3 is 2.75 bits per heavy atom. The van der Waals surface area contributed by atoms with Crippen molar-refractivity contribution < 1.29 is 14.7 Å². The number of aliphatic carboxylic acids is 1. The second kappa shape index (κ2) is 5.43. The van der Waals surface area contributed by atoms with Crippen LogP contribution in [-0.2, 0) is 9.59 Å². The summed E-state index contributed by atoms with van der Waals surface area (Å²) in [5, 5.41) is 17.7. The Kier molecular flexibility index (Phi) is 4.03. The Bertz CT molecular complexity index is 525. The molecule has 1 heterocycles. The molecular formula is C12H18N4O3S. The summed E-state index contributed by atoms with van der Waals surface area (Å²) in [4.78, 5) is 24.4.